The number of halogens is 4. The van der Waals surface area contributed by atoms with Crippen molar-refractivity contribution in [3.05, 3.63) is 53.6 Å². The number of nitrogens with one attached hydrogen (secondary N) is 1. The summed E-state index contributed by atoms with van der Waals surface area (Å²) in [5.74, 6) is -8.94. The first-order valence-electron chi connectivity index (χ1n) is 6.87. The van der Waals surface area contributed by atoms with Gasteiger partial charge < -0.3 is 9.47 Å². The molecular weight excluding hydrogens is 366 g/mol. The van der Waals surface area contributed by atoms with Crippen LogP contribution in [0.5, 0.6) is 11.5 Å². The number of ether oxygens (including phenoxy) is 2. The van der Waals surface area contributed by atoms with E-state index in [2.05, 4.69) is 4.74 Å². The van der Waals surface area contributed by atoms with Crippen LogP contribution in [0.15, 0.2) is 35.2 Å². The molecule has 0 atom stereocenters. The van der Waals surface area contributed by atoms with E-state index in [9.17, 15) is 26.0 Å². The molecule has 0 aromatic heterocycles. The molecule has 0 fully saturated rings. The van der Waals surface area contributed by atoms with Gasteiger partial charge in [-0.2, -0.15) is 8.78 Å². The van der Waals surface area contributed by atoms with Crippen LogP contribution in [-0.2, 0) is 10.0 Å². The molecule has 0 aliphatic rings. The first-order chi connectivity index (χ1) is 11.8. The highest BCUT2D eigenvalue weighted by Crippen LogP contribution is 2.32. The van der Waals surface area contributed by atoms with Crippen molar-refractivity contribution < 1.29 is 35.5 Å². The molecule has 2 rings (SSSR count). The highest BCUT2D eigenvalue weighted by Gasteiger charge is 2.33. The van der Waals surface area contributed by atoms with Gasteiger partial charge in [-0.05, 0) is 12.1 Å². The molecule has 2 aromatic carbocycles. The van der Waals surface area contributed by atoms with Crippen molar-refractivity contribution >= 4 is 10.0 Å². The van der Waals surface area contributed by atoms with E-state index < -0.39 is 43.9 Å². The van der Waals surface area contributed by atoms with E-state index in [0.29, 0.717) is 5.75 Å². The molecule has 10 heteroatoms. The zero-order valence-electron chi connectivity index (χ0n) is 12.9. The number of sulfonamides is 1. The molecule has 2 aromatic rings. The standard InChI is InChI=1S/C15H13F4NO4S/c1-23-14-10(16)12(18)15(13(19)11(14)17)25(21,22)20-7-8-24-9-5-3-2-4-6-9/h2-6,20H,7-8H2,1H3. The Bertz CT molecular complexity index is 831. The predicted octanol–water partition coefficient (Wildman–Crippen LogP) is 2.61. The van der Waals surface area contributed by atoms with Gasteiger partial charge in [0.1, 0.15) is 12.4 Å². The molecule has 0 saturated carbocycles. The smallest absolute Gasteiger partial charge is 0.246 e. The lowest BCUT2D eigenvalue weighted by Gasteiger charge is -2.12. The fourth-order valence-electron chi connectivity index (χ4n) is 1.94. The van der Waals surface area contributed by atoms with E-state index >= 15 is 0 Å². The van der Waals surface area contributed by atoms with Crippen LogP contribution in [0.2, 0.25) is 0 Å². The molecule has 0 heterocycles. The minimum absolute atomic E-state index is 0.173. The topological polar surface area (TPSA) is 64.6 Å². The van der Waals surface area contributed by atoms with Crippen molar-refractivity contribution in [1.29, 1.82) is 0 Å². The molecule has 0 spiro atoms. The first kappa shape index (κ1) is 19.0. The highest BCUT2D eigenvalue weighted by atomic mass is 32.2. The summed E-state index contributed by atoms with van der Waals surface area (Å²) < 4.78 is 90.1. The van der Waals surface area contributed by atoms with Gasteiger partial charge in [-0.15, -0.1) is 0 Å². The third-order valence-electron chi connectivity index (χ3n) is 3.06. The summed E-state index contributed by atoms with van der Waals surface area (Å²) in [7, 11) is -4.08. The van der Waals surface area contributed by atoms with Crippen molar-refractivity contribution in [3.63, 3.8) is 0 Å². The van der Waals surface area contributed by atoms with Gasteiger partial charge in [0.15, 0.2) is 22.3 Å². The lowest BCUT2D eigenvalue weighted by Crippen LogP contribution is -2.30. The van der Waals surface area contributed by atoms with Crippen LogP contribution in [0, 0.1) is 23.3 Å². The maximum absolute atomic E-state index is 13.8. The van der Waals surface area contributed by atoms with Gasteiger partial charge in [-0.25, -0.2) is 21.9 Å². The van der Waals surface area contributed by atoms with Gasteiger partial charge >= 0.3 is 0 Å². The number of benzene rings is 2. The van der Waals surface area contributed by atoms with Gasteiger partial charge in [0, 0.05) is 6.54 Å². The minimum Gasteiger partial charge on any atom is -0.492 e. The third kappa shape index (κ3) is 4.02. The van der Waals surface area contributed by atoms with Crippen LogP contribution in [-0.4, -0.2) is 28.7 Å². The van der Waals surface area contributed by atoms with E-state index in [4.69, 9.17) is 4.74 Å². The number of para-hydroxylation sites is 1. The van der Waals surface area contributed by atoms with Gasteiger partial charge in [-0.1, -0.05) is 18.2 Å². The minimum atomic E-state index is -4.86. The van der Waals surface area contributed by atoms with Crippen molar-refractivity contribution in [2.24, 2.45) is 0 Å². The Hall–Kier alpha value is -2.33. The summed E-state index contributed by atoms with van der Waals surface area (Å²) in [6.45, 7) is -0.557. The zero-order valence-corrected chi connectivity index (χ0v) is 13.7. The van der Waals surface area contributed by atoms with Crippen molar-refractivity contribution in [2.45, 2.75) is 4.90 Å². The number of rotatable bonds is 7. The molecule has 136 valence electrons. The van der Waals surface area contributed by atoms with Crippen LogP contribution >= 0.6 is 0 Å². The lowest BCUT2D eigenvalue weighted by molar-refractivity contribution is 0.318. The first-order valence-corrected chi connectivity index (χ1v) is 8.35. The van der Waals surface area contributed by atoms with Crippen molar-refractivity contribution in [3.8, 4) is 11.5 Å². The van der Waals surface area contributed by atoms with Crippen molar-refractivity contribution in [1.82, 2.24) is 4.72 Å². The lowest BCUT2D eigenvalue weighted by atomic mass is 10.3. The molecule has 0 amide bonds. The molecule has 0 aliphatic heterocycles. The van der Waals surface area contributed by atoms with Gasteiger partial charge in [0.2, 0.25) is 21.7 Å². The maximum atomic E-state index is 13.8. The Kier molecular flexibility index (Phi) is 5.85. The summed E-state index contributed by atoms with van der Waals surface area (Å²) >= 11 is 0. The summed E-state index contributed by atoms with van der Waals surface area (Å²) in [4.78, 5) is -1.76. The van der Waals surface area contributed by atoms with Gasteiger partial charge in [0.25, 0.3) is 0 Å². The van der Waals surface area contributed by atoms with E-state index in [1.54, 1.807) is 30.3 Å². The van der Waals surface area contributed by atoms with Crippen LogP contribution in [0.25, 0.3) is 0 Å². The Morgan fingerprint density at radius 1 is 0.960 bits per heavy atom. The van der Waals surface area contributed by atoms with E-state index in [-0.39, 0.29) is 13.2 Å². The average Bonchev–Trinajstić information content (AvgIpc) is 2.58. The molecule has 1 N–H and O–H groups in total. The molecule has 0 bridgehead atoms. The second-order valence-corrected chi connectivity index (χ2v) is 6.38. The molecule has 5 nitrogen and oxygen atoms in total. The molecule has 25 heavy (non-hydrogen) atoms. The summed E-state index contributed by atoms with van der Waals surface area (Å²) in [6, 6.07) is 8.35. The van der Waals surface area contributed by atoms with E-state index in [1.165, 1.54) is 0 Å². The SMILES string of the molecule is COc1c(F)c(F)c(S(=O)(=O)NCCOc2ccccc2)c(F)c1F. The number of methoxy groups -OCH3 is 1. The van der Waals surface area contributed by atoms with Gasteiger partial charge in [-0.3, -0.25) is 0 Å². The van der Waals surface area contributed by atoms with Crippen LogP contribution in [0.3, 0.4) is 0 Å². The number of hydrogen-bond donors (Lipinski definition) is 1. The van der Waals surface area contributed by atoms with E-state index in [1.807, 2.05) is 4.72 Å². The van der Waals surface area contributed by atoms with E-state index in [0.717, 1.165) is 7.11 Å². The Balaban J connectivity index is 2.17. The maximum Gasteiger partial charge on any atom is 0.246 e. The Morgan fingerprint density at radius 2 is 1.52 bits per heavy atom. The fourth-order valence-corrected chi connectivity index (χ4v) is 3.09. The molecule has 0 saturated heterocycles. The molecule has 0 radical (unpaired) electrons. The van der Waals surface area contributed by atoms with Crippen LogP contribution in [0.4, 0.5) is 17.6 Å². The highest BCUT2D eigenvalue weighted by molar-refractivity contribution is 7.89. The average molecular weight is 379 g/mol. The summed E-state index contributed by atoms with van der Waals surface area (Å²) in [5.41, 5.74) is 0. The third-order valence-corrected chi connectivity index (χ3v) is 4.54. The monoisotopic (exact) mass is 379 g/mol. The Labute approximate surface area is 141 Å². The molecule has 0 unspecified atom stereocenters. The predicted molar refractivity (Wildman–Crippen MR) is 80.0 cm³/mol. The fraction of sp³-hybridized carbons (Fsp3) is 0.200. The van der Waals surface area contributed by atoms with Gasteiger partial charge in [0.05, 0.1) is 7.11 Å². The molecular formula is C15H13F4NO4S. The Morgan fingerprint density at radius 3 is 2.04 bits per heavy atom. The summed E-state index contributed by atoms with van der Waals surface area (Å²) in [5, 5.41) is 0. The number of hydrogen-bond acceptors (Lipinski definition) is 4. The van der Waals surface area contributed by atoms with Crippen molar-refractivity contribution in [2.75, 3.05) is 20.3 Å². The normalized spacial score (nSPS) is 11.4. The van der Waals surface area contributed by atoms with Crippen LogP contribution in [0.1, 0.15) is 0 Å². The zero-order chi connectivity index (χ0) is 18.6. The second-order valence-electron chi connectivity index (χ2n) is 4.68. The second kappa shape index (κ2) is 7.70. The largest absolute Gasteiger partial charge is 0.492 e. The van der Waals surface area contributed by atoms with Crippen LogP contribution < -0.4 is 14.2 Å². The quantitative estimate of drug-likeness (QED) is 0.456. The molecule has 0 aliphatic carbocycles. The summed E-state index contributed by atoms with van der Waals surface area (Å²) in [6.07, 6.45) is 0.